The van der Waals surface area contributed by atoms with Gasteiger partial charge >= 0.3 is 0 Å². The molecule has 0 amide bonds. The van der Waals surface area contributed by atoms with E-state index in [1.54, 1.807) is 12.1 Å². The largest absolute Gasteiger partial charge is 0.388 e. The number of para-hydroxylation sites is 1. The first kappa shape index (κ1) is 13.9. The minimum Gasteiger partial charge on any atom is -0.388 e. The Bertz CT molecular complexity index is 581. The van der Waals surface area contributed by atoms with Crippen molar-refractivity contribution in [2.75, 3.05) is 24.1 Å². The Hall–Kier alpha value is -1.11. The van der Waals surface area contributed by atoms with Crippen molar-refractivity contribution < 1.29 is 18.3 Å². The van der Waals surface area contributed by atoms with Crippen LogP contribution in [-0.4, -0.2) is 38.5 Å². The molecule has 3 rings (SSSR count). The highest BCUT2D eigenvalue weighted by atomic mass is 32.2. The third-order valence-corrected chi connectivity index (χ3v) is 6.37. The molecule has 1 atom stereocenters. The van der Waals surface area contributed by atoms with Crippen LogP contribution in [0, 0.1) is 0 Å². The van der Waals surface area contributed by atoms with Crippen molar-refractivity contribution in [1.82, 2.24) is 0 Å². The van der Waals surface area contributed by atoms with Crippen LogP contribution in [0.3, 0.4) is 0 Å². The maximum Gasteiger partial charge on any atom is 0.238 e. The Kier molecular flexibility index (Phi) is 3.70. The Labute approximate surface area is 119 Å². The van der Waals surface area contributed by atoms with Crippen LogP contribution in [-0.2, 0) is 14.8 Å². The fourth-order valence-corrected chi connectivity index (χ4v) is 4.88. The number of nitrogens with zero attached hydrogens (tertiary/aromatic N) is 1. The van der Waals surface area contributed by atoms with Crippen LogP contribution in [0.2, 0.25) is 0 Å². The van der Waals surface area contributed by atoms with Crippen molar-refractivity contribution in [2.45, 2.75) is 30.6 Å². The van der Waals surface area contributed by atoms with Crippen molar-refractivity contribution in [3.8, 4) is 0 Å². The monoisotopic (exact) mass is 297 g/mol. The number of benzene rings is 1. The van der Waals surface area contributed by atoms with Gasteiger partial charge in [-0.05, 0) is 25.3 Å². The van der Waals surface area contributed by atoms with E-state index in [0.717, 1.165) is 0 Å². The van der Waals surface area contributed by atoms with Gasteiger partial charge in [0.2, 0.25) is 10.0 Å². The van der Waals surface area contributed by atoms with Gasteiger partial charge in [-0.1, -0.05) is 18.2 Å². The second-order valence-electron chi connectivity index (χ2n) is 5.29. The Balaban J connectivity index is 1.96. The second kappa shape index (κ2) is 5.35. The molecule has 5 nitrogen and oxygen atoms in total. The fraction of sp³-hybridized carbons (Fsp3) is 0.571. The van der Waals surface area contributed by atoms with E-state index in [9.17, 15) is 13.5 Å². The van der Waals surface area contributed by atoms with Crippen molar-refractivity contribution >= 4 is 15.7 Å². The Morgan fingerprint density at radius 3 is 2.60 bits per heavy atom. The molecular formula is C14H19NO4S. The number of anilines is 1. The molecule has 1 N–H and O–H groups in total. The normalized spacial score (nSPS) is 24.4. The van der Waals surface area contributed by atoms with Crippen molar-refractivity contribution in [2.24, 2.45) is 0 Å². The summed E-state index contributed by atoms with van der Waals surface area (Å²) in [5.41, 5.74) is 1.33. The topological polar surface area (TPSA) is 66.8 Å². The van der Waals surface area contributed by atoms with Gasteiger partial charge in [0.15, 0.2) is 0 Å². The van der Waals surface area contributed by atoms with Crippen molar-refractivity contribution in [3.05, 3.63) is 29.8 Å². The third kappa shape index (κ3) is 2.32. The van der Waals surface area contributed by atoms with E-state index in [4.69, 9.17) is 4.74 Å². The number of aliphatic hydroxyl groups excluding tert-OH is 1. The number of sulfonamides is 1. The average Bonchev–Trinajstić information content (AvgIpc) is 2.48. The van der Waals surface area contributed by atoms with E-state index in [1.165, 1.54) is 4.31 Å². The van der Waals surface area contributed by atoms with E-state index in [2.05, 4.69) is 0 Å². The molecule has 1 saturated heterocycles. The molecule has 2 heterocycles. The zero-order valence-electron chi connectivity index (χ0n) is 11.2. The highest BCUT2D eigenvalue weighted by Crippen LogP contribution is 2.36. The Morgan fingerprint density at radius 1 is 1.15 bits per heavy atom. The molecule has 20 heavy (non-hydrogen) atoms. The molecule has 6 heteroatoms. The Morgan fingerprint density at radius 2 is 1.85 bits per heavy atom. The molecule has 110 valence electrons. The molecule has 0 aromatic heterocycles. The summed E-state index contributed by atoms with van der Waals surface area (Å²) in [5.74, 6) is 0. The molecule has 0 saturated carbocycles. The minimum absolute atomic E-state index is 0.345. The van der Waals surface area contributed by atoms with E-state index < -0.39 is 16.1 Å². The number of aliphatic hydroxyl groups is 1. The quantitative estimate of drug-likeness (QED) is 0.897. The molecule has 0 radical (unpaired) electrons. The van der Waals surface area contributed by atoms with Crippen LogP contribution in [0.5, 0.6) is 0 Å². The molecule has 2 aliphatic rings. The lowest BCUT2D eigenvalue weighted by molar-refractivity contribution is 0.0982. The third-order valence-electron chi connectivity index (χ3n) is 4.07. The lowest BCUT2D eigenvalue weighted by Gasteiger charge is -2.36. The first-order valence-electron chi connectivity index (χ1n) is 6.97. The number of rotatable bonds is 2. The van der Waals surface area contributed by atoms with Gasteiger partial charge < -0.3 is 9.84 Å². The molecule has 1 aromatic carbocycles. The number of fused-ring (bicyclic) bond motifs is 1. The van der Waals surface area contributed by atoms with Gasteiger partial charge in [-0.25, -0.2) is 8.42 Å². The SMILES string of the molecule is O=S(=O)(C1CCOCC1)N1CCC(O)c2ccccc21. The van der Waals surface area contributed by atoms with Crippen molar-refractivity contribution in [1.29, 1.82) is 0 Å². The summed E-state index contributed by atoms with van der Waals surface area (Å²) in [4.78, 5) is 0. The molecular weight excluding hydrogens is 278 g/mol. The van der Waals surface area contributed by atoms with Crippen LogP contribution in [0.15, 0.2) is 24.3 Å². The van der Waals surface area contributed by atoms with Gasteiger partial charge in [-0.2, -0.15) is 0 Å². The van der Waals surface area contributed by atoms with Gasteiger partial charge in [-0.3, -0.25) is 4.31 Å². The molecule has 0 bridgehead atoms. The van der Waals surface area contributed by atoms with Gasteiger partial charge in [0.25, 0.3) is 0 Å². The molecule has 1 unspecified atom stereocenters. The fourth-order valence-electron chi connectivity index (χ4n) is 2.93. The summed E-state index contributed by atoms with van der Waals surface area (Å²) >= 11 is 0. The smallest absolute Gasteiger partial charge is 0.238 e. The van der Waals surface area contributed by atoms with E-state index in [-0.39, 0.29) is 5.25 Å². The predicted octanol–water partition coefficient (Wildman–Crippen LogP) is 1.44. The van der Waals surface area contributed by atoms with E-state index >= 15 is 0 Å². The zero-order chi connectivity index (χ0) is 14.2. The van der Waals surface area contributed by atoms with Gasteiger partial charge in [0.1, 0.15) is 0 Å². The molecule has 0 spiro atoms. The van der Waals surface area contributed by atoms with Crippen LogP contribution < -0.4 is 4.31 Å². The number of ether oxygens (including phenoxy) is 1. The predicted molar refractivity (Wildman–Crippen MR) is 76.1 cm³/mol. The van der Waals surface area contributed by atoms with E-state index in [0.29, 0.717) is 50.3 Å². The maximum absolute atomic E-state index is 12.8. The molecule has 2 aliphatic heterocycles. The standard InChI is InChI=1S/C14H19NO4S/c16-14-5-8-15(13-4-2-1-3-12(13)14)20(17,18)11-6-9-19-10-7-11/h1-4,11,14,16H,5-10H2. The van der Waals surface area contributed by atoms with Crippen LogP contribution >= 0.6 is 0 Å². The van der Waals surface area contributed by atoms with Gasteiger partial charge in [0.05, 0.1) is 17.0 Å². The van der Waals surface area contributed by atoms with Gasteiger partial charge in [0, 0.05) is 25.3 Å². The van der Waals surface area contributed by atoms with Gasteiger partial charge in [-0.15, -0.1) is 0 Å². The summed E-state index contributed by atoms with van der Waals surface area (Å²) in [6, 6.07) is 7.20. The van der Waals surface area contributed by atoms with Crippen LogP contribution in [0.25, 0.3) is 0 Å². The first-order chi connectivity index (χ1) is 9.60. The molecule has 1 aromatic rings. The molecule has 0 aliphatic carbocycles. The summed E-state index contributed by atoms with van der Waals surface area (Å²) in [7, 11) is -3.38. The molecule has 1 fully saturated rings. The van der Waals surface area contributed by atoms with E-state index in [1.807, 2.05) is 12.1 Å². The van der Waals surface area contributed by atoms with Crippen molar-refractivity contribution in [3.63, 3.8) is 0 Å². The second-order valence-corrected chi connectivity index (χ2v) is 7.43. The zero-order valence-corrected chi connectivity index (χ0v) is 12.1. The van der Waals surface area contributed by atoms with Crippen LogP contribution in [0.1, 0.15) is 30.9 Å². The maximum atomic E-state index is 12.8. The average molecular weight is 297 g/mol. The summed E-state index contributed by atoms with van der Waals surface area (Å²) < 4.78 is 32.3. The minimum atomic E-state index is -3.38. The first-order valence-corrected chi connectivity index (χ1v) is 8.47. The highest BCUT2D eigenvalue weighted by Gasteiger charge is 2.37. The summed E-state index contributed by atoms with van der Waals surface area (Å²) in [5, 5.41) is 9.64. The highest BCUT2D eigenvalue weighted by molar-refractivity contribution is 7.93. The number of hydrogen-bond acceptors (Lipinski definition) is 4. The lowest BCUT2D eigenvalue weighted by Crippen LogP contribution is -2.44. The summed E-state index contributed by atoms with van der Waals surface area (Å²) in [6.45, 7) is 1.35. The number of hydrogen-bond donors (Lipinski definition) is 1. The lowest BCUT2D eigenvalue weighted by atomic mass is 10.0. The van der Waals surface area contributed by atoms with Crippen LogP contribution in [0.4, 0.5) is 5.69 Å². The summed E-state index contributed by atoms with van der Waals surface area (Å²) in [6.07, 6.45) is 0.958.